The van der Waals surface area contributed by atoms with Gasteiger partial charge < -0.3 is 18.4 Å². The molecular formula is C12H13F3O7S. The van der Waals surface area contributed by atoms with Gasteiger partial charge >= 0.3 is 21.6 Å². The molecule has 0 spiro atoms. The molecule has 1 rings (SSSR count). The summed E-state index contributed by atoms with van der Waals surface area (Å²) in [6.07, 6.45) is 0. The summed E-state index contributed by atoms with van der Waals surface area (Å²) in [5.74, 6) is -1.73. The first kappa shape index (κ1) is 19.0. The van der Waals surface area contributed by atoms with Gasteiger partial charge in [-0.3, -0.25) is 0 Å². The second-order valence-corrected chi connectivity index (χ2v) is 5.68. The van der Waals surface area contributed by atoms with Crippen molar-refractivity contribution in [1.29, 1.82) is 0 Å². The molecule has 23 heavy (non-hydrogen) atoms. The summed E-state index contributed by atoms with van der Waals surface area (Å²) in [7, 11) is -3.47. The summed E-state index contributed by atoms with van der Waals surface area (Å²) in [4.78, 5) is 11.7. The fraction of sp³-hybridized carbons (Fsp3) is 0.417. The Kier molecular flexibility index (Phi) is 5.83. The number of esters is 1. The van der Waals surface area contributed by atoms with Crippen molar-refractivity contribution in [1.82, 2.24) is 0 Å². The van der Waals surface area contributed by atoms with E-state index in [9.17, 15) is 26.4 Å². The highest BCUT2D eigenvalue weighted by molar-refractivity contribution is 7.88. The summed E-state index contributed by atoms with van der Waals surface area (Å²) < 4.78 is 77.3. The monoisotopic (exact) mass is 358 g/mol. The van der Waals surface area contributed by atoms with Crippen LogP contribution in [0.5, 0.6) is 11.5 Å². The SMILES string of the molecule is COCOc1cc(OS(=O)(=O)C(F)(F)F)cc(C)c1C(=O)OC. The van der Waals surface area contributed by atoms with E-state index in [0.29, 0.717) is 0 Å². The molecule has 0 saturated heterocycles. The van der Waals surface area contributed by atoms with Gasteiger partial charge in [0.05, 0.1) is 7.11 Å². The predicted octanol–water partition coefficient (Wildman–Crippen LogP) is 1.99. The number of ether oxygens (including phenoxy) is 3. The maximum absolute atomic E-state index is 12.3. The van der Waals surface area contributed by atoms with Crippen molar-refractivity contribution < 1.29 is 44.8 Å². The van der Waals surface area contributed by atoms with Gasteiger partial charge in [0, 0.05) is 13.2 Å². The summed E-state index contributed by atoms with van der Waals surface area (Å²) >= 11 is 0. The highest BCUT2D eigenvalue weighted by Crippen LogP contribution is 2.33. The maximum atomic E-state index is 12.3. The van der Waals surface area contributed by atoms with Crippen LogP contribution in [-0.2, 0) is 19.6 Å². The third-order valence-corrected chi connectivity index (χ3v) is 3.46. The van der Waals surface area contributed by atoms with Crippen LogP contribution in [0.3, 0.4) is 0 Å². The van der Waals surface area contributed by atoms with Crippen LogP contribution in [0, 0.1) is 6.92 Å². The molecule has 1 aromatic rings. The first-order chi connectivity index (χ1) is 10.5. The van der Waals surface area contributed by atoms with Gasteiger partial charge in [0.1, 0.15) is 17.1 Å². The summed E-state index contributed by atoms with van der Waals surface area (Å²) in [5.41, 5.74) is -5.59. The first-order valence-corrected chi connectivity index (χ1v) is 7.29. The zero-order valence-electron chi connectivity index (χ0n) is 12.3. The number of carbonyl (C=O) groups is 1. The molecule has 0 aliphatic rings. The van der Waals surface area contributed by atoms with Crippen LogP contribution in [0.15, 0.2) is 12.1 Å². The average Bonchev–Trinajstić information content (AvgIpc) is 2.42. The van der Waals surface area contributed by atoms with Gasteiger partial charge in [0.25, 0.3) is 0 Å². The minimum absolute atomic E-state index is 0.0952. The molecule has 0 radical (unpaired) electrons. The Hall–Kier alpha value is -2.01. The van der Waals surface area contributed by atoms with E-state index in [1.165, 1.54) is 14.0 Å². The lowest BCUT2D eigenvalue weighted by Gasteiger charge is -2.15. The molecule has 0 N–H and O–H groups in total. The van der Waals surface area contributed by atoms with Crippen LogP contribution in [-0.4, -0.2) is 40.9 Å². The zero-order valence-corrected chi connectivity index (χ0v) is 13.1. The number of benzene rings is 1. The molecule has 0 fully saturated rings. The maximum Gasteiger partial charge on any atom is 0.534 e. The van der Waals surface area contributed by atoms with E-state index >= 15 is 0 Å². The van der Waals surface area contributed by atoms with E-state index in [-0.39, 0.29) is 23.7 Å². The quantitative estimate of drug-likeness (QED) is 0.333. The molecule has 130 valence electrons. The smallest absolute Gasteiger partial charge is 0.467 e. The van der Waals surface area contributed by atoms with Crippen LogP contribution in [0.4, 0.5) is 13.2 Å². The topological polar surface area (TPSA) is 88.1 Å². The Labute approximate surface area is 130 Å². The number of methoxy groups -OCH3 is 2. The number of halogens is 3. The third-order valence-electron chi connectivity index (χ3n) is 2.48. The number of hydrogen-bond donors (Lipinski definition) is 0. The molecule has 0 heterocycles. The van der Waals surface area contributed by atoms with E-state index in [1.807, 2.05) is 0 Å². The van der Waals surface area contributed by atoms with Crippen LogP contribution in [0.1, 0.15) is 15.9 Å². The molecule has 11 heteroatoms. The van der Waals surface area contributed by atoms with Crippen molar-refractivity contribution in [3.63, 3.8) is 0 Å². The zero-order chi connectivity index (χ0) is 17.8. The molecular weight excluding hydrogens is 345 g/mol. The Morgan fingerprint density at radius 2 is 1.83 bits per heavy atom. The van der Waals surface area contributed by atoms with Crippen LogP contribution in [0.2, 0.25) is 0 Å². The van der Waals surface area contributed by atoms with Gasteiger partial charge in [-0.15, -0.1) is 0 Å². The lowest BCUT2D eigenvalue weighted by Crippen LogP contribution is -2.28. The van der Waals surface area contributed by atoms with Crippen molar-refractivity contribution in [2.45, 2.75) is 12.4 Å². The molecule has 1 aromatic carbocycles. The Bertz CT molecular complexity index is 683. The predicted molar refractivity (Wildman–Crippen MR) is 70.6 cm³/mol. The lowest BCUT2D eigenvalue weighted by molar-refractivity contribution is -0.0500. The number of aryl methyl sites for hydroxylation is 1. The minimum atomic E-state index is -5.85. The van der Waals surface area contributed by atoms with Gasteiger partial charge in [-0.2, -0.15) is 21.6 Å². The molecule has 0 bridgehead atoms. The fourth-order valence-electron chi connectivity index (χ4n) is 1.54. The van der Waals surface area contributed by atoms with Crippen LogP contribution in [0.25, 0.3) is 0 Å². The summed E-state index contributed by atoms with van der Waals surface area (Å²) in [6.45, 7) is 1.01. The molecule has 0 aliphatic carbocycles. The van der Waals surface area contributed by atoms with Gasteiger partial charge in [0.2, 0.25) is 0 Å². The van der Waals surface area contributed by atoms with Crippen molar-refractivity contribution in [2.24, 2.45) is 0 Å². The highest BCUT2D eigenvalue weighted by atomic mass is 32.2. The van der Waals surface area contributed by atoms with Crippen molar-refractivity contribution in [3.05, 3.63) is 23.3 Å². The normalized spacial score (nSPS) is 11.9. The molecule has 0 amide bonds. The minimum Gasteiger partial charge on any atom is -0.467 e. The average molecular weight is 358 g/mol. The van der Waals surface area contributed by atoms with Crippen LogP contribution < -0.4 is 8.92 Å². The molecule has 0 aromatic heterocycles. The first-order valence-electron chi connectivity index (χ1n) is 5.89. The lowest BCUT2D eigenvalue weighted by atomic mass is 10.1. The second-order valence-electron chi connectivity index (χ2n) is 4.14. The van der Waals surface area contributed by atoms with Crippen LogP contribution >= 0.6 is 0 Å². The van der Waals surface area contributed by atoms with Crippen molar-refractivity contribution >= 4 is 16.1 Å². The van der Waals surface area contributed by atoms with Crippen molar-refractivity contribution in [2.75, 3.05) is 21.0 Å². The summed E-state index contributed by atoms with van der Waals surface area (Å²) in [6, 6.07) is 1.76. The van der Waals surface area contributed by atoms with E-state index in [2.05, 4.69) is 13.7 Å². The van der Waals surface area contributed by atoms with Gasteiger partial charge in [-0.1, -0.05) is 0 Å². The molecule has 0 atom stereocenters. The Morgan fingerprint density at radius 3 is 2.30 bits per heavy atom. The number of alkyl halides is 3. The van der Waals surface area contributed by atoms with Gasteiger partial charge in [-0.25, -0.2) is 4.79 Å². The second kappa shape index (κ2) is 7.04. The van der Waals surface area contributed by atoms with Gasteiger partial charge in [-0.05, 0) is 18.6 Å². The van der Waals surface area contributed by atoms with Gasteiger partial charge in [0.15, 0.2) is 6.79 Å². The Balaban J connectivity index is 3.32. The largest absolute Gasteiger partial charge is 0.534 e. The molecule has 0 saturated carbocycles. The fourth-order valence-corrected chi connectivity index (χ4v) is 1.99. The van der Waals surface area contributed by atoms with E-state index < -0.39 is 27.3 Å². The van der Waals surface area contributed by atoms with E-state index in [0.717, 1.165) is 19.2 Å². The number of rotatable bonds is 6. The highest BCUT2D eigenvalue weighted by Gasteiger charge is 2.48. The number of hydrogen-bond acceptors (Lipinski definition) is 7. The molecule has 0 unspecified atom stereocenters. The standard InChI is InChI=1S/C12H13F3O7S/c1-7-4-8(22-23(17,18)12(13,14)15)5-9(21-6-19-2)10(7)11(16)20-3/h4-5H,6H2,1-3H3. The number of carbonyl (C=O) groups excluding carboxylic acids is 1. The van der Waals surface area contributed by atoms with E-state index in [4.69, 9.17) is 4.74 Å². The third kappa shape index (κ3) is 4.48. The van der Waals surface area contributed by atoms with Crippen molar-refractivity contribution in [3.8, 4) is 11.5 Å². The Morgan fingerprint density at radius 1 is 1.22 bits per heavy atom. The summed E-state index contributed by atoms with van der Waals surface area (Å²) in [5, 5.41) is 0. The van der Waals surface area contributed by atoms with E-state index in [1.54, 1.807) is 0 Å². The molecule has 0 aliphatic heterocycles. The molecule has 7 nitrogen and oxygen atoms in total.